The van der Waals surface area contributed by atoms with Gasteiger partial charge in [-0.2, -0.15) is 0 Å². The molecule has 0 saturated heterocycles. The molecule has 0 aromatic heterocycles. The van der Waals surface area contributed by atoms with Crippen LogP contribution in [-0.2, 0) is 19.2 Å². The fourth-order valence-corrected chi connectivity index (χ4v) is 1.88. The van der Waals surface area contributed by atoms with Crippen LogP contribution in [0.3, 0.4) is 0 Å². The van der Waals surface area contributed by atoms with Gasteiger partial charge in [0.15, 0.2) is 5.92 Å². The maximum absolute atomic E-state index is 10.7. The maximum atomic E-state index is 10.7. The molecular formula is C16H24O8. The van der Waals surface area contributed by atoms with E-state index in [-0.39, 0.29) is 11.5 Å². The third-order valence-electron chi connectivity index (χ3n) is 3.36. The molecule has 0 aromatic rings. The van der Waals surface area contributed by atoms with Crippen LogP contribution in [0.1, 0.15) is 40.5 Å². The van der Waals surface area contributed by atoms with Crippen LogP contribution in [-0.4, -0.2) is 44.3 Å². The minimum atomic E-state index is -1.40. The fraction of sp³-hybridized carbons (Fsp3) is 0.500. The number of rotatable bonds is 8. The Morgan fingerprint density at radius 3 is 1.50 bits per heavy atom. The quantitative estimate of drug-likeness (QED) is 0.297. The SMILES string of the molecule is C/C=C(/C)C(C(=O)O)C(=O)O.CCC(CC)/C(=C/C(=O)O)C(=O)O. The molecule has 0 heterocycles. The van der Waals surface area contributed by atoms with Crippen molar-refractivity contribution in [2.45, 2.75) is 40.5 Å². The van der Waals surface area contributed by atoms with Crippen LogP contribution in [0.15, 0.2) is 23.3 Å². The van der Waals surface area contributed by atoms with Crippen LogP contribution in [0.2, 0.25) is 0 Å². The van der Waals surface area contributed by atoms with E-state index in [0.29, 0.717) is 18.4 Å². The smallest absolute Gasteiger partial charge is 0.332 e. The molecular weight excluding hydrogens is 320 g/mol. The van der Waals surface area contributed by atoms with Gasteiger partial charge in [0, 0.05) is 11.6 Å². The van der Waals surface area contributed by atoms with Gasteiger partial charge in [-0.05, 0) is 32.6 Å². The Morgan fingerprint density at radius 2 is 1.33 bits per heavy atom. The highest BCUT2D eigenvalue weighted by atomic mass is 16.4. The molecule has 0 atom stereocenters. The predicted molar refractivity (Wildman–Crippen MR) is 85.6 cm³/mol. The fourth-order valence-electron chi connectivity index (χ4n) is 1.88. The van der Waals surface area contributed by atoms with Gasteiger partial charge in [-0.15, -0.1) is 0 Å². The number of carboxylic acids is 4. The lowest BCUT2D eigenvalue weighted by Crippen LogP contribution is -2.24. The van der Waals surface area contributed by atoms with Gasteiger partial charge in [0.1, 0.15) is 0 Å². The molecule has 0 rings (SSSR count). The van der Waals surface area contributed by atoms with Crippen LogP contribution < -0.4 is 0 Å². The predicted octanol–water partition coefficient (Wildman–Crippen LogP) is 2.26. The van der Waals surface area contributed by atoms with Crippen molar-refractivity contribution in [3.63, 3.8) is 0 Å². The second-order valence-corrected chi connectivity index (χ2v) is 4.90. The zero-order valence-corrected chi connectivity index (χ0v) is 14.1. The summed E-state index contributed by atoms with van der Waals surface area (Å²) in [5.41, 5.74) is 0.322. The van der Waals surface area contributed by atoms with E-state index >= 15 is 0 Å². The summed E-state index contributed by atoms with van der Waals surface area (Å²) < 4.78 is 0. The van der Waals surface area contributed by atoms with Crippen molar-refractivity contribution in [2.24, 2.45) is 11.8 Å². The molecule has 0 aliphatic carbocycles. The summed E-state index contributed by atoms with van der Waals surface area (Å²) in [7, 11) is 0. The van der Waals surface area contributed by atoms with E-state index in [4.69, 9.17) is 20.4 Å². The highest BCUT2D eigenvalue weighted by Crippen LogP contribution is 2.18. The molecule has 136 valence electrons. The third-order valence-corrected chi connectivity index (χ3v) is 3.36. The highest BCUT2D eigenvalue weighted by molar-refractivity contribution is 5.96. The van der Waals surface area contributed by atoms with Crippen molar-refractivity contribution in [3.8, 4) is 0 Å². The van der Waals surface area contributed by atoms with Gasteiger partial charge in [0.2, 0.25) is 0 Å². The summed E-state index contributed by atoms with van der Waals surface area (Å²) in [4.78, 5) is 41.6. The van der Waals surface area contributed by atoms with Gasteiger partial charge in [-0.25, -0.2) is 9.59 Å². The first-order valence-corrected chi connectivity index (χ1v) is 7.29. The lowest BCUT2D eigenvalue weighted by molar-refractivity contribution is -0.152. The van der Waals surface area contributed by atoms with Gasteiger partial charge in [0.05, 0.1) is 0 Å². The van der Waals surface area contributed by atoms with E-state index in [1.807, 2.05) is 13.8 Å². The van der Waals surface area contributed by atoms with Crippen LogP contribution >= 0.6 is 0 Å². The van der Waals surface area contributed by atoms with Crippen molar-refractivity contribution in [3.05, 3.63) is 23.3 Å². The average Bonchev–Trinajstić information content (AvgIpc) is 2.46. The molecule has 0 saturated carbocycles. The molecule has 8 nitrogen and oxygen atoms in total. The Hall–Kier alpha value is -2.64. The number of hydrogen-bond donors (Lipinski definition) is 4. The zero-order chi connectivity index (χ0) is 19.4. The van der Waals surface area contributed by atoms with Gasteiger partial charge in [0.25, 0.3) is 0 Å². The van der Waals surface area contributed by atoms with Crippen LogP contribution in [0.4, 0.5) is 0 Å². The Balaban J connectivity index is 0. The second kappa shape index (κ2) is 11.9. The van der Waals surface area contributed by atoms with E-state index in [2.05, 4.69) is 0 Å². The molecule has 0 aliphatic heterocycles. The summed E-state index contributed by atoms with van der Waals surface area (Å²) in [6.07, 6.45) is 3.54. The first kappa shape index (κ1) is 23.6. The van der Waals surface area contributed by atoms with Crippen molar-refractivity contribution in [1.82, 2.24) is 0 Å². The lowest BCUT2D eigenvalue weighted by Gasteiger charge is -2.11. The highest BCUT2D eigenvalue weighted by Gasteiger charge is 2.26. The largest absolute Gasteiger partial charge is 0.480 e. The second-order valence-electron chi connectivity index (χ2n) is 4.90. The van der Waals surface area contributed by atoms with E-state index in [1.54, 1.807) is 6.92 Å². The minimum Gasteiger partial charge on any atom is -0.480 e. The van der Waals surface area contributed by atoms with Gasteiger partial charge >= 0.3 is 23.9 Å². The summed E-state index contributed by atoms with van der Waals surface area (Å²) >= 11 is 0. The standard InChI is InChI=1S/C9H14O4.C7H10O4/c1-3-6(4-2)7(9(12)13)5-8(10)11;1-3-4(2)5(6(8)9)7(10)11/h5-6H,3-4H2,1-2H3,(H,10,11)(H,12,13);3,5H,1-2H3,(H,8,9)(H,10,11)/b7-5-;4-3-. The van der Waals surface area contributed by atoms with Crippen molar-refractivity contribution < 1.29 is 39.6 Å². The Morgan fingerprint density at radius 1 is 0.917 bits per heavy atom. The van der Waals surface area contributed by atoms with Crippen LogP contribution in [0.5, 0.6) is 0 Å². The van der Waals surface area contributed by atoms with Gasteiger partial charge in [-0.1, -0.05) is 25.5 Å². The molecule has 4 N–H and O–H groups in total. The lowest BCUT2D eigenvalue weighted by atomic mass is 9.93. The molecule has 0 spiro atoms. The molecule has 0 bridgehead atoms. The summed E-state index contributed by atoms with van der Waals surface area (Å²) in [6.45, 7) is 6.76. The normalized spacial score (nSPS) is 11.8. The summed E-state index contributed by atoms with van der Waals surface area (Å²) in [6, 6.07) is 0. The van der Waals surface area contributed by atoms with E-state index in [9.17, 15) is 19.2 Å². The summed E-state index contributed by atoms with van der Waals surface area (Å²) in [5.74, 6) is -6.57. The van der Waals surface area contributed by atoms with Crippen LogP contribution in [0, 0.1) is 11.8 Å². The number of carboxylic acid groups (broad SMARTS) is 4. The third kappa shape index (κ3) is 8.72. The Kier molecular flexibility index (Phi) is 11.7. The topological polar surface area (TPSA) is 149 Å². The molecule has 8 heteroatoms. The number of hydrogen-bond acceptors (Lipinski definition) is 4. The molecule has 0 amide bonds. The Labute approximate surface area is 140 Å². The first-order valence-electron chi connectivity index (χ1n) is 7.29. The van der Waals surface area contributed by atoms with E-state index in [0.717, 1.165) is 6.08 Å². The van der Waals surface area contributed by atoms with Crippen molar-refractivity contribution in [1.29, 1.82) is 0 Å². The van der Waals surface area contributed by atoms with Gasteiger partial charge < -0.3 is 20.4 Å². The minimum absolute atomic E-state index is 0.0162. The monoisotopic (exact) mass is 344 g/mol. The maximum Gasteiger partial charge on any atom is 0.332 e. The van der Waals surface area contributed by atoms with Crippen LogP contribution in [0.25, 0.3) is 0 Å². The number of allylic oxidation sites excluding steroid dienone is 1. The Bertz CT molecular complexity index is 512. The molecule has 0 unspecified atom stereocenters. The molecule has 0 radical (unpaired) electrons. The number of aliphatic carboxylic acids is 4. The van der Waals surface area contributed by atoms with E-state index in [1.165, 1.54) is 13.0 Å². The van der Waals surface area contributed by atoms with Crippen molar-refractivity contribution in [2.75, 3.05) is 0 Å². The first-order chi connectivity index (χ1) is 11.0. The molecule has 0 fully saturated rings. The average molecular weight is 344 g/mol. The zero-order valence-electron chi connectivity index (χ0n) is 14.1. The summed E-state index contributed by atoms with van der Waals surface area (Å²) in [5, 5.41) is 34.0. The molecule has 0 aliphatic rings. The molecule has 24 heavy (non-hydrogen) atoms. The van der Waals surface area contributed by atoms with Crippen molar-refractivity contribution >= 4 is 23.9 Å². The molecule has 0 aromatic carbocycles. The van der Waals surface area contributed by atoms with E-state index < -0.39 is 29.8 Å². The number of carbonyl (C=O) groups is 4. The van der Waals surface area contributed by atoms with Gasteiger partial charge in [-0.3, -0.25) is 9.59 Å².